The molecule has 1 aliphatic rings. The molecule has 7 nitrogen and oxygen atoms in total. The SMILES string of the molecule is COc1ccc(N2C[C@H](C(=O)N(C)Cc3cc(C)on3)CC2=O)cc1. The van der Waals surface area contributed by atoms with Gasteiger partial charge in [-0.25, -0.2) is 0 Å². The van der Waals surface area contributed by atoms with Crippen molar-refractivity contribution in [3.8, 4) is 5.75 Å². The minimum absolute atomic E-state index is 0.0470. The van der Waals surface area contributed by atoms with Crippen LogP contribution >= 0.6 is 0 Å². The lowest BCUT2D eigenvalue weighted by molar-refractivity contribution is -0.135. The maximum absolute atomic E-state index is 12.6. The maximum atomic E-state index is 12.6. The van der Waals surface area contributed by atoms with Gasteiger partial charge >= 0.3 is 0 Å². The number of anilines is 1. The van der Waals surface area contributed by atoms with Crippen molar-refractivity contribution in [1.82, 2.24) is 10.1 Å². The number of rotatable bonds is 5. The van der Waals surface area contributed by atoms with E-state index in [0.717, 1.165) is 11.4 Å². The molecule has 1 aromatic heterocycles. The Morgan fingerprint density at radius 1 is 1.40 bits per heavy atom. The number of hydrogen-bond acceptors (Lipinski definition) is 5. The van der Waals surface area contributed by atoms with Crippen LogP contribution in [0.1, 0.15) is 17.9 Å². The Kier molecular flexibility index (Phi) is 4.74. The van der Waals surface area contributed by atoms with Crippen LogP contribution in [-0.2, 0) is 16.1 Å². The van der Waals surface area contributed by atoms with Gasteiger partial charge in [0.05, 0.1) is 19.6 Å². The molecular weight excluding hydrogens is 322 g/mol. The Morgan fingerprint density at radius 2 is 2.12 bits per heavy atom. The molecule has 0 N–H and O–H groups in total. The Morgan fingerprint density at radius 3 is 2.72 bits per heavy atom. The van der Waals surface area contributed by atoms with Gasteiger partial charge in [0, 0.05) is 31.8 Å². The predicted molar refractivity (Wildman–Crippen MR) is 91.2 cm³/mol. The third-order valence-electron chi connectivity index (χ3n) is 4.31. The molecule has 2 amide bonds. The van der Waals surface area contributed by atoms with E-state index in [2.05, 4.69) is 5.16 Å². The van der Waals surface area contributed by atoms with Crippen LogP contribution in [0.25, 0.3) is 0 Å². The van der Waals surface area contributed by atoms with Gasteiger partial charge in [0.15, 0.2) is 0 Å². The molecule has 2 aromatic rings. The summed E-state index contributed by atoms with van der Waals surface area (Å²) in [5, 5.41) is 3.90. The maximum Gasteiger partial charge on any atom is 0.228 e. The minimum Gasteiger partial charge on any atom is -0.497 e. The fraction of sp³-hybridized carbons (Fsp3) is 0.389. The molecule has 7 heteroatoms. The molecule has 1 atom stereocenters. The van der Waals surface area contributed by atoms with Gasteiger partial charge in [0.1, 0.15) is 17.2 Å². The number of hydrogen-bond donors (Lipinski definition) is 0. The molecule has 3 rings (SSSR count). The number of ether oxygens (including phenoxy) is 1. The molecule has 1 fully saturated rings. The van der Waals surface area contributed by atoms with Crippen molar-refractivity contribution in [2.45, 2.75) is 19.9 Å². The summed E-state index contributed by atoms with van der Waals surface area (Å²) in [6.07, 6.45) is 0.215. The second kappa shape index (κ2) is 6.96. The van der Waals surface area contributed by atoms with E-state index in [1.807, 2.05) is 12.1 Å². The molecule has 1 saturated heterocycles. The molecule has 0 aliphatic carbocycles. The number of carbonyl (C=O) groups is 2. The van der Waals surface area contributed by atoms with E-state index in [9.17, 15) is 9.59 Å². The molecule has 1 aromatic carbocycles. The summed E-state index contributed by atoms with van der Waals surface area (Å²) >= 11 is 0. The zero-order valence-electron chi connectivity index (χ0n) is 14.6. The monoisotopic (exact) mass is 343 g/mol. The Balaban J connectivity index is 1.65. The topological polar surface area (TPSA) is 75.9 Å². The average Bonchev–Trinajstić information content (AvgIpc) is 3.20. The Bertz CT molecular complexity index is 769. The molecule has 1 aliphatic heterocycles. The number of methoxy groups -OCH3 is 1. The van der Waals surface area contributed by atoms with Crippen molar-refractivity contribution >= 4 is 17.5 Å². The van der Waals surface area contributed by atoms with Crippen LogP contribution in [0, 0.1) is 12.8 Å². The standard InChI is InChI=1S/C18H21N3O4/c1-12-8-14(19-25-12)11-20(2)18(23)13-9-17(22)21(10-13)15-4-6-16(24-3)7-5-15/h4-8,13H,9-11H2,1-3H3/t13-/m1/s1. The minimum atomic E-state index is -0.354. The van der Waals surface area contributed by atoms with E-state index in [4.69, 9.17) is 9.26 Å². The van der Waals surface area contributed by atoms with Gasteiger partial charge in [0.2, 0.25) is 11.8 Å². The highest BCUT2D eigenvalue weighted by molar-refractivity contribution is 6.00. The van der Waals surface area contributed by atoms with Gasteiger partial charge in [-0.1, -0.05) is 5.16 Å². The van der Waals surface area contributed by atoms with Gasteiger partial charge in [-0.2, -0.15) is 0 Å². The van der Waals surface area contributed by atoms with E-state index < -0.39 is 0 Å². The summed E-state index contributed by atoms with van der Waals surface area (Å²) < 4.78 is 10.2. The first kappa shape index (κ1) is 17.0. The first-order valence-corrected chi connectivity index (χ1v) is 8.09. The summed E-state index contributed by atoms with van der Waals surface area (Å²) in [7, 11) is 3.31. The lowest BCUT2D eigenvalue weighted by Crippen LogP contribution is -2.34. The molecular formula is C18H21N3O4. The van der Waals surface area contributed by atoms with E-state index >= 15 is 0 Å². The Labute approximate surface area is 146 Å². The Hall–Kier alpha value is -2.83. The van der Waals surface area contributed by atoms with Gasteiger partial charge in [-0.05, 0) is 31.2 Å². The highest BCUT2D eigenvalue weighted by Crippen LogP contribution is 2.27. The van der Waals surface area contributed by atoms with Crippen LogP contribution in [0.2, 0.25) is 0 Å². The quantitative estimate of drug-likeness (QED) is 0.830. The zero-order chi connectivity index (χ0) is 18.0. The van der Waals surface area contributed by atoms with Gasteiger partial charge in [-0.3, -0.25) is 9.59 Å². The van der Waals surface area contributed by atoms with Crippen LogP contribution in [0.15, 0.2) is 34.9 Å². The summed E-state index contributed by atoms with van der Waals surface area (Å²) in [5.41, 5.74) is 1.47. The third kappa shape index (κ3) is 3.65. The normalized spacial score (nSPS) is 17.0. The predicted octanol–water partition coefficient (Wildman–Crippen LogP) is 2.00. The van der Waals surface area contributed by atoms with Gasteiger partial charge in [0.25, 0.3) is 0 Å². The molecule has 2 heterocycles. The van der Waals surface area contributed by atoms with Crippen molar-refractivity contribution < 1.29 is 18.8 Å². The van der Waals surface area contributed by atoms with Gasteiger partial charge < -0.3 is 19.1 Å². The molecule has 132 valence electrons. The second-order valence-electron chi connectivity index (χ2n) is 6.23. The number of nitrogens with zero attached hydrogens (tertiary/aromatic N) is 3. The van der Waals surface area contributed by atoms with E-state index in [1.54, 1.807) is 49.1 Å². The van der Waals surface area contributed by atoms with E-state index in [1.165, 1.54) is 0 Å². The van der Waals surface area contributed by atoms with Crippen molar-refractivity contribution in [1.29, 1.82) is 0 Å². The summed E-state index contributed by atoms with van der Waals surface area (Å²) in [6.45, 7) is 2.55. The summed E-state index contributed by atoms with van der Waals surface area (Å²) in [4.78, 5) is 28.2. The van der Waals surface area contributed by atoms with Crippen LogP contribution in [-0.4, -0.2) is 42.6 Å². The number of amides is 2. The number of aromatic nitrogens is 1. The lowest BCUT2D eigenvalue weighted by atomic mass is 10.1. The largest absolute Gasteiger partial charge is 0.497 e. The zero-order valence-corrected chi connectivity index (χ0v) is 14.6. The van der Waals surface area contributed by atoms with Crippen molar-refractivity contribution in [2.75, 3.05) is 25.6 Å². The molecule has 0 bridgehead atoms. The van der Waals surface area contributed by atoms with Crippen LogP contribution in [0.3, 0.4) is 0 Å². The highest BCUT2D eigenvalue weighted by Gasteiger charge is 2.36. The summed E-state index contributed by atoms with van der Waals surface area (Å²) in [6, 6.07) is 9.05. The average molecular weight is 343 g/mol. The first-order valence-electron chi connectivity index (χ1n) is 8.09. The van der Waals surface area contributed by atoms with Crippen LogP contribution < -0.4 is 9.64 Å². The fourth-order valence-electron chi connectivity index (χ4n) is 3.01. The molecule has 0 spiro atoms. The molecule has 0 unspecified atom stereocenters. The first-order chi connectivity index (χ1) is 12.0. The molecule has 0 radical (unpaired) electrons. The molecule has 25 heavy (non-hydrogen) atoms. The smallest absolute Gasteiger partial charge is 0.228 e. The third-order valence-corrected chi connectivity index (χ3v) is 4.31. The van der Waals surface area contributed by atoms with Gasteiger partial charge in [-0.15, -0.1) is 0 Å². The van der Waals surface area contributed by atoms with Crippen molar-refractivity contribution in [3.63, 3.8) is 0 Å². The fourth-order valence-corrected chi connectivity index (χ4v) is 3.01. The van der Waals surface area contributed by atoms with Crippen LogP contribution in [0.5, 0.6) is 5.75 Å². The number of benzene rings is 1. The lowest BCUT2D eigenvalue weighted by Gasteiger charge is -2.20. The van der Waals surface area contributed by atoms with Crippen molar-refractivity contribution in [3.05, 3.63) is 41.8 Å². The van der Waals surface area contributed by atoms with E-state index in [-0.39, 0.29) is 24.2 Å². The highest BCUT2D eigenvalue weighted by atomic mass is 16.5. The number of aryl methyl sites for hydroxylation is 1. The van der Waals surface area contributed by atoms with Crippen molar-refractivity contribution in [2.24, 2.45) is 5.92 Å². The number of carbonyl (C=O) groups excluding carboxylic acids is 2. The second-order valence-corrected chi connectivity index (χ2v) is 6.23. The van der Waals surface area contributed by atoms with Crippen LogP contribution in [0.4, 0.5) is 5.69 Å². The summed E-state index contributed by atoms with van der Waals surface area (Å²) in [5.74, 6) is 0.968. The molecule has 0 saturated carbocycles. The van der Waals surface area contributed by atoms with E-state index in [0.29, 0.717) is 24.5 Å².